The average Bonchev–Trinajstić information content (AvgIpc) is 2.96. The molecule has 2 aliphatic heterocycles. The lowest BCUT2D eigenvalue weighted by molar-refractivity contribution is -0.253. The van der Waals surface area contributed by atoms with Crippen LogP contribution >= 0.6 is 0 Å². The Balaban J connectivity index is 1.29. The van der Waals surface area contributed by atoms with Gasteiger partial charge >= 0.3 is 0 Å². The lowest BCUT2D eigenvalue weighted by Crippen LogP contribution is -2.36. The third kappa shape index (κ3) is 10.5. The minimum Gasteiger partial charge on any atom is -0.508 e. The van der Waals surface area contributed by atoms with E-state index in [0.29, 0.717) is 12.8 Å². The first-order valence-corrected chi connectivity index (χ1v) is 15.8. The van der Waals surface area contributed by atoms with E-state index in [1.807, 2.05) is 31.2 Å². The topological polar surface area (TPSA) is 118 Å². The number of hydrogen-bond acceptors (Lipinski definition) is 8. The van der Waals surface area contributed by atoms with Crippen molar-refractivity contribution in [2.24, 2.45) is 0 Å². The Bertz CT molecular complexity index is 1030. The molecule has 2 aromatic carbocycles. The first kappa shape index (κ1) is 32.7. The van der Waals surface area contributed by atoms with Crippen molar-refractivity contribution in [2.75, 3.05) is 0 Å². The second-order valence-electron chi connectivity index (χ2n) is 12.1. The molecule has 8 heteroatoms. The van der Waals surface area contributed by atoms with Crippen LogP contribution in [-0.4, -0.2) is 57.0 Å². The predicted molar refractivity (Wildman–Crippen MR) is 160 cm³/mol. The molecule has 2 aromatic rings. The molecule has 234 valence electrons. The molecule has 0 amide bonds. The van der Waals surface area contributed by atoms with Gasteiger partial charge in [0.05, 0.1) is 36.6 Å². The first-order valence-electron chi connectivity index (χ1n) is 15.8. The van der Waals surface area contributed by atoms with Crippen LogP contribution in [0, 0.1) is 0 Å². The van der Waals surface area contributed by atoms with Crippen molar-refractivity contribution in [3.63, 3.8) is 0 Å². The minimum atomic E-state index is -0.503. The summed E-state index contributed by atoms with van der Waals surface area (Å²) in [5.41, 5.74) is 1.74. The van der Waals surface area contributed by atoms with Gasteiger partial charge in [0.25, 0.3) is 0 Å². The van der Waals surface area contributed by atoms with Gasteiger partial charge in [0.1, 0.15) is 11.5 Å². The molecule has 8 atom stereocenters. The van der Waals surface area contributed by atoms with Gasteiger partial charge in [-0.3, -0.25) is 0 Å². The Labute approximate surface area is 250 Å². The van der Waals surface area contributed by atoms with E-state index in [9.17, 15) is 20.4 Å². The number of aromatic hydroxyl groups is 2. The maximum Gasteiger partial charge on any atom is 0.184 e. The molecule has 0 saturated carbocycles. The minimum absolute atomic E-state index is 0.00191. The van der Waals surface area contributed by atoms with Gasteiger partial charge in [-0.1, -0.05) is 44.0 Å². The van der Waals surface area contributed by atoms with Crippen molar-refractivity contribution in [2.45, 2.75) is 140 Å². The summed E-state index contributed by atoms with van der Waals surface area (Å²) in [5, 5.41) is 40.0. The molecule has 8 unspecified atom stereocenters. The summed E-state index contributed by atoms with van der Waals surface area (Å²) in [7, 11) is 0. The Hall–Kier alpha value is -2.20. The van der Waals surface area contributed by atoms with Crippen LogP contribution in [0.1, 0.15) is 115 Å². The van der Waals surface area contributed by atoms with Gasteiger partial charge in [0, 0.05) is 24.0 Å². The number of aliphatic hydroxyl groups is 2. The van der Waals surface area contributed by atoms with Crippen LogP contribution in [-0.2, 0) is 18.9 Å². The monoisotopic (exact) mass is 586 g/mol. The second-order valence-corrected chi connectivity index (χ2v) is 12.1. The SMILES string of the molecule is CCCCC1CC(CC(O)CCCC2CC(CCCC(C)O)OC(c3ccc(O)cc3)O2)OC(c2ccc(O)cc2)O1. The zero-order valence-electron chi connectivity index (χ0n) is 25.1. The van der Waals surface area contributed by atoms with Crippen molar-refractivity contribution >= 4 is 0 Å². The van der Waals surface area contributed by atoms with Crippen LogP contribution in [0.2, 0.25) is 0 Å². The zero-order chi connectivity index (χ0) is 29.9. The zero-order valence-corrected chi connectivity index (χ0v) is 25.1. The highest BCUT2D eigenvalue weighted by Crippen LogP contribution is 2.36. The van der Waals surface area contributed by atoms with Crippen LogP contribution in [0.25, 0.3) is 0 Å². The number of phenolic OH excluding ortho intramolecular Hbond substituents is 2. The van der Waals surface area contributed by atoms with Crippen molar-refractivity contribution in [3.05, 3.63) is 59.7 Å². The number of benzene rings is 2. The molecule has 8 nitrogen and oxygen atoms in total. The number of rotatable bonds is 15. The summed E-state index contributed by atoms with van der Waals surface area (Å²) in [6.45, 7) is 3.98. The molecule has 0 bridgehead atoms. The smallest absolute Gasteiger partial charge is 0.184 e. The normalized spacial score (nSPS) is 27.9. The fourth-order valence-electron chi connectivity index (χ4n) is 5.93. The van der Waals surface area contributed by atoms with Gasteiger partial charge in [0.2, 0.25) is 0 Å². The fourth-order valence-corrected chi connectivity index (χ4v) is 5.93. The van der Waals surface area contributed by atoms with E-state index in [1.54, 1.807) is 24.3 Å². The summed E-state index contributed by atoms with van der Waals surface area (Å²) in [5.74, 6) is 0.409. The van der Waals surface area contributed by atoms with Gasteiger partial charge in [-0.15, -0.1) is 0 Å². The van der Waals surface area contributed by atoms with Crippen LogP contribution in [0.15, 0.2) is 48.5 Å². The maximum absolute atomic E-state index is 11.0. The maximum atomic E-state index is 11.0. The van der Waals surface area contributed by atoms with Crippen LogP contribution in [0.5, 0.6) is 11.5 Å². The summed E-state index contributed by atoms with van der Waals surface area (Å²) in [6, 6.07) is 13.9. The second kappa shape index (κ2) is 16.6. The van der Waals surface area contributed by atoms with Gasteiger partial charge in [-0.25, -0.2) is 0 Å². The number of aliphatic hydroxyl groups excluding tert-OH is 2. The largest absolute Gasteiger partial charge is 0.508 e. The van der Waals surface area contributed by atoms with Gasteiger partial charge in [0.15, 0.2) is 12.6 Å². The predicted octanol–water partition coefficient (Wildman–Crippen LogP) is 6.81. The van der Waals surface area contributed by atoms with Crippen LogP contribution in [0.4, 0.5) is 0 Å². The molecule has 42 heavy (non-hydrogen) atoms. The van der Waals surface area contributed by atoms with E-state index < -0.39 is 18.7 Å². The third-order valence-corrected chi connectivity index (χ3v) is 8.27. The lowest BCUT2D eigenvalue weighted by Gasteiger charge is -2.37. The molecule has 2 aliphatic rings. The quantitative estimate of drug-likeness (QED) is 0.180. The van der Waals surface area contributed by atoms with Crippen LogP contribution < -0.4 is 0 Å². The molecule has 4 rings (SSSR count). The lowest BCUT2D eigenvalue weighted by atomic mass is 9.95. The molecule has 2 heterocycles. The van der Waals surface area contributed by atoms with E-state index in [4.69, 9.17) is 18.9 Å². The molecule has 2 saturated heterocycles. The molecule has 2 fully saturated rings. The first-order chi connectivity index (χ1) is 20.3. The molecule has 0 spiro atoms. The number of unbranched alkanes of at least 4 members (excludes halogenated alkanes) is 1. The average molecular weight is 587 g/mol. The Morgan fingerprint density at radius 1 is 0.643 bits per heavy atom. The standard InChI is InChI=1S/C34H50O8/c1-3-4-9-29-22-32(42-34(39-29)25-14-18-27(37)19-15-25)20-28(38)8-6-11-31-21-30(10-5-7-23(2)35)40-33(41-31)24-12-16-26(36)17-13-24/h12-19,23,28-38H,3-11,20-22H2,1-2H3. The number of ether oxygens (including phenoxy) is 4. The Kier molecular flexibility index (Phi) is 12.9. The van der Waals surface area contributed by atoms with Crippen molar-refractivity contribution in [3.8, 4) is 11.5 Å². The highest BCUT2D eigenvalue weighted by atomic mass is 16.7. The third-order valence-electron chi connectivity index (χ3n) is 8.27. The van der Waals surface area contributed by atoms with E-state index in [2.05, 4.69) is 6.92 Å². The molecular formula is C34H50O8. The summed E-state index contributed by atoms with van der Waals surface area (Å²) in [6.07, 6.45) is 8.16. The number of phenols is 2. The highest BCUT2D eigenvalue weighted by molar-refractivity contribution is 5.27. The molecule has 0 aromatic heterocycles. The van der Waals surface area contributed by atoms with Crippen molar-refractivity contribution in [1.82, 2.24) is 0 Å². The van der Waals surface area contributed by atoms with E-state index in [-0.39, 0.29) is 42.0 Å². The van der Waals surface area contributed by atoms with E-state index in [1.165, 1.54) is 0 Å². The Morgan fingerprint density at radius 3 is 1.55 bits per heavy atom. The molecular weight excluding hydrogens is 536 g/mol. The fraction of sp³-hybridized carbons (Fsp3) is 0.647. The van der Waals surface area contributed by atoms with Crippen molar-refractivity contribution in [1.29, 1.82) is 0 Å². The highest BCUT2D eigenvalue weighted by Gasteiger charge is 2.33. The molecule has 4 N–H and O–H groups in total. The number of hydrogen-bond donors (Lipinski definition) is 4. The van der Waals surface area contributed by atoms with Gasteiger partial charge in [-0.2, -0.15) is 0 Å². The Morgan fingerprint density at radius 2 is 1.07 bits per heavy atom. The summed E-state index contributed by atoms with van der Waals surface area (Å²) in [4.78, 5) is 0. The van der Waals surface area contributed by atoms with Crippen LogP contribution in [0.3, 0.4) is 0 Å². The van der Waals surface area contributed by atoms with Gasteiger partial charge < -0.3 is 39.4 Å². The molecule has 0 radical (unpaired) electrons. The van der Waals surface area contributed by atoms with Gasteiger partial charge in [-0.05, 0) is 82.6 Å². The van der Waals surface area contributed by atoms with Crippen molar-refractivity contribution < 1.29 is 39.4 Å². The molecule has 0 aliphatic carbocycles. The summed E-state index contributed by atoms with van der Waals surface area (Å²) >= 11 is 0. The van der Waals surface area contributed by atoms with E-state index in [0.717, 1.165) is 75.3 Å². The van der Waals surface area contributed by atoms with E-state index >= 15 is 0 Å². The summed E-state index contributed by atoms with van der Waals surface area (Å²) < 4.78 is 25.1.